The molecule has 0 radical (unpaired) electrons. The quantitative estimate of drug-likeness (QED) is 0.806. The lowest BCUT2D eigenvalue weighted by Gasteiger charge is -2.15. The minimum Gasteiger partial charge on any atom is -0.387 e. The molecule has 0 aromatic carbocycles. The normalized spacial score (nSPS) is 12.0. The smallest absolute Gasteiger partial charge is 0.255 e. The highest BCUT2D eigenvalue weighted by molar-refractivity contribution is 5.99. The lowest BCUT2D eigenvalue weighted by Crippen LogP contribution is -2.36. The maximum Gasteiger partial charge on any atom is 0.255 e. The van der Waals surface area contributed by atoms with E-state index in [1.54, 1.807) is 13.2 Å². The average molecular weight is 251 g/mol. The predicted octanol–water partition coefficient (Wildman–Crippen LogP) is 1.59. The summed E-state index contributed by atoms with van der Waals surface area (Å²) in [5.41, 5.74) is 2.20. The fraction of sp³-hybridized carbons (Fsp3) is 0.538. The third kappa shape index (κ3) is 4.00. The predicted molar refractivity (Wildman–Crippen MR) is 71.9 cm³/mol. The van der Waals surface area contributed by atoms with Crippen LogP contribution in [0.4, 0.5) is 5.69 Å². The molecule has 0 saturated heterocycles. The van der Waals surface area contributed by atoms with Crippen molar-refractivity contribution in [2.75, 3.05) is 25.6 Å². The van der Waals surface area contributed by atoms with Gasteiger partial charge in [0.1, 0.15) is 0 Å². The Bertz CT molecular complexity index is 407. The Hall–Kier alpha value is -1.62. The number of hydrogen-bond donors (Lipinski definition) is 2. The van der Waals surface area contributed by atoms with Crippen molar-refractivity contribution in [2.45, 2.75) is 26.8 Å². The molecule has 0 aliphatic heterocycles. The summed E-state index contributed by atoms with van der Waals surface area (Å²) in [6, 6.07) is 1.82. The third-order valence-electron chi connectivity index (χ3n) is 2.50. The summed E-state index contributed by atoms with van der Waals surface area (Å²) in [6.45, 7) is 6.89. The average Bonchev–Trinajstić information content (AvgIpc) is 2.35. The number of pyridine rings is 1. The maximum atomic E-state index is 12.1. The molecule has 1 aromatic heterocycles. The molecule has 1 amide bonds. The molecule has 1 atom stereocenters. The van der Waals surface area contributed by atoms with Crippen molar-refractivity contribution < 1.29 is 9.53 Å². The van der Waals surface area contributed by atoms with Gasteiger partial charge in [-0.2, -0.15) is 0 Å². The number of nitrogens with one attached hydrogen (secondary N) is 2. The van der Waals surface area contributed by atoms with Crippen LogP contribution in [0.5, 0.6) is 0 Å². The number of ether oxygens (including phenoxy) is 1. The van der Waals surface area contributed by atoms with Gasteiger partial charge in [0, 0.05) is 31.6 Å². The van der Waals surface area contributed by atoms with Crippen molar-refractivity contribution in [3.63, 3.8) is 0 Å². The monoisotopic (exact) mass is 251 g/mol. The highest BCUT2D eigenvalue weighted by atomic mass is 16.5. The van der Waals surface area contributed by atoms with E-state index in [0.717, 1.165) is 11.4 Å². The van der Waals surface area contributed by atoms with Gasteiger partial charge in [-0.15, -0.1) is 0 Å². The van der Waals surface area contributed by atoms with E-state index in [1.165, 1.54) is 0 Å². The molecule has 100 valence electrons. The first-order valence-electron chi connectivity index (χ1n) is 6.11. The Morgan fingerprint density at radius 2 is 2.28 bits per heavy atom. The van der Waals surface area contributed by atoms with Gasteiger partial charge in [0.05, 0.1) is 17.9 Å². The van der Waals surface area contributed by atoms with Gasteiger partial charge in [-0.05, 0) is 26.8 Å². The molecule has 0 aliphatic rings. The van der Waals surface area contributed by atoms with E-state index in [0.29, 0.717) is 18.8 Å². The van der Waals surface area contributed by atoms with Crippen molar-refractivity contribution >= 4 is 11.6 Å². The number of hydrogen-bond acceptors (Lipinski definition) is 4. The maximum absolute atomic E-state index is 12.1. The molecular weight excluding hydrogens is 230 g/mol. The fourth-order valence-corrected chi connectivity index (χ4v) is 1.59. The first-order valence-corrected chi connectivity index (χ1v) is 6.11. The van der Waals surface area contributed by atoms with E-state index in [9.17, 15) is 4.79 Å². The Morgan fingerprint density at radius 1 is 1.56 bits per heavy atom. The molecule has 5 heteroatoms. The van der Waals surface area contributed by atoms with E-state index in [2.05, 4.69) is 15.6 Å². The number of carbonyl (C=O) groups is 1. The molecule has 0 spiro atoms. The van der Waals surface area contributed by atoms with Crippen LogP contribution >= 0.6 is 0 Å². The van der Waals surface area contributed by atoms with E-state index in [1.807, 2.05) is 26.8 Å². The van der Waals surface area contributed by atoms with Crippen LogP contribution in [0.25, 0.3) is 0 Å². The van der Waals surface area contributed by atoms with E-state index in [-0.39, 0.29) is 11.9 Å². The van der Waals surface area contributed by atoms with Gasteiger partial charge >= 0.3 is 0 Å². The zero-order chi connectivity index (χ0) is 13.5. The summed E-state index contributed by atoms with van der Waals surface area (Å²) in [5.74, 6) is -0.140. The molecule has 1 heterocycles. The minimum absolute atomic E-state index is 0.0246. The molecule has 1 rings (SSSR count). The van der Waals surface area contributed by atoms with Crippen LogP contribution in [0, 0.1) is 6.92 Å². The molecule has 1 unspecified atom stereocenters. The molecule has 0 aliphatic carbocycles. The summed E-state index contributed by atoms with van der Waals surface area (Å²) in [7, 11) is 1.79. The van der Waals surface area contributed by atoms with Crippen molar-refractivity contribution in [1.29, 1.82) is 0 Å². The van der Waals surface area contributed by atoms with Crippen LogP contribution in [0.15, 0.2) is 12.3 Å². The van der Waals surface area contributed by atoms with Crippen LogP contribution in [-0.4, -0.2) is 37.2 Å². The summed E-state index contributed by atoms with van der Waals surface area (Å²) in [5, 5.41) is 5.88. The van der Waals surface area contributed by atoms with Crippen molar-refractivity contribution in [2.24, 2.45) is 0 Å². The van der Waals surface area contributed by atoms with Crippen LogP contribution < -0.4 is 10.6 Å². The van der Waals surface area contributed by atoms with Gasteiger partial charge in [-0.25, -0.2) is 0 Å². The zero-order valence-electron chi connectivity index (χ0n) is 11.4. The largest absolute Gasteiger partial charge is 0.387 e. The number of aryl methyl sites for hydroxylation is 1. The summed E-state index contributed by atoms with van der Waals surface area (Å²) >= 11 is 0. The Kier molecular flexibility index (Phi) is 5.58. The van der Waals surface area contributed by atoms with Crippen LogP contribution in [0.1, 0.15) is 29.9 Å². The lowest BCUT2D eigenvalue weighted by atomic mass is 10.2. The summed E-state index contributed by atoms with van der Waals surface area (Å²) in [6.07, 6.45) is 1.59. The SMILES string of the molecule is CCOCC(C)NC(=O)c1cnc(C)cc1NC. The Morgan fingerprint density at radius 3 is 2.89 bits per heavy atom. The van der Waals surface area contributed by atoms with Crippen molar-refractivity contribution in [3.05, 3.63) is 23.5 Å². The molecule has 2 N–H and O–H groups in total. The van der Waals surface area contributed by atoms with Crippen LogP contribution in [-0.2, 0) is 4.74 Å². The zero-order valence-corrected chi connectivity index (χ0v) is 11.4. The molecule has 1 aromatic rings. The summed E-state index contributed by atoms with van der Waals surface area (Å²) in [4.78, 5) is 16.2. The third-order valence-corrected chi connectivity index (χ3v) is 2.50. The van der Waals surface area contributed by atoms with Crippen LogP contribution in [0.2, 0.25) is 0 Å². The first-order chi connectivity index (χ1) is 8.58. The minimum atomic E-state index is -0.140. The van der Waals surface area contributed by atoms with E-state index in [4.69, 9.17) is 4.74 Å². The van der Waals surface area contributed by atoms with E-state index >= 15 is 0 Å². The molecule has 0 saturated carbocycles. The second-order valence-corrected chi connectivity index (χ2v) is 4.16. The van der Waals surface area contributed by atoms with Gasteiger partial charge < -0.3 is 15.4 Å². The van der Waals surface area contributed by atoms with Crippen molar-refractivity contribution in [1.82, 2.24) is 10.3 Å². The van der Waals surface area contributed by atoms with E-state index < -0.39 is 0 Å². The first kappa shape index (κ1) is 14.4. The Labute approximate surface area is 108 Å². The summed E-state index contributed by atoms with van der Waals surface area (Å²) < 4.78 is 5.26. The Balaban J connectivity index is 2.72. The van der Waals surface area contributed by atoms with Crippen LogP contribution in [0.3, 0.4) is 0 Å². The molecular formula is C13H21N3O2. The second-order valence-electron chi connectivity index (χ2n) is 4.16. The highest BCUT2D eigenvalue weighted by Gasteiger charge is 2.14. The topological polar surface area (TPSA) is 63.2 Å². The van der Waals surface area contributed by atoms with Crippen molar-refractivity contribution in [3.8, 4) is 0 Å². The number of nitrogens with zero attached hydrogens (tertiary/aromatic N) is 1. The number of rotatable bonds is 6. The van der Waals surface area contributed by atoms with Gasteiger partial charge in [0.2, 0.25) is 0 Å². The second kappa shape index (κ2) is 6.96. The number of carbonyl (C=O) groups excluding carboxylic acids is 1. The molecule has 0 bridgehead atoms. The van der Waals surface area contributed by atoms with Gasteiger partial charge in [-0.1, -0.05) is 0 Å². The van der Waals surface area contributed by atoms with Gasteiger partial charge in [-0.3, -0.25) is 9.78 Å². The number of aromatic nitrogens is 1. The number of anilines is 1. The molecule has 0 fully saturated rings. The number of amides is 1. The highest BCUT2D eigenvalue weighted by Crippen LogP contribution is 2.14. The van der Waals surface area contributed by atoms with Gasteiger partial charge in [0.15, 0.2) is 0 Å². The molecule has 5 nitrogen and oxygen atoms in total. The standard InChI is InChI=1S/C13H21N3O2/c1-5-18-8-10(3)16-13(17)11-7-15-9(2)6-12(11)14-4/h6-7,10H,5,8H2,1-4H3,(H,14,15)(H,16,17). The van der Waals surface area contributed by atoms with Gasteiger partial charge in [0.25, 0.3) is 5.91 Å². The lowest BCUT2D eigenvalue weighted by molar-refractivity contribution is 0.0872. The molecule has 18 heavy (non-hydrogen) atoms. The fourth-order valence-electron chi connectivity index (χ4n) is 1.59.